The quantitative estimate of drug-likeness (QED) is 0.762. The SMILES string of the molecule is COc1cccc(NC(C)C(=O)Nc2ccc(NC(C)=O)cc2)c1. The summed E-state index contributed by atoms with van der Waals surface area (Å²) < 4.78 is 5.16. The van der Waals surface area contributed by atoms with Gasteiger partial charge in [0.05, 0.1) is 7.11 Å². The van der Waals surface area contributed by atoms with Gasteiger partial charge < -0.3 is 20.7 Å². The zero-order valence-corrected chi connectivity index (χ0v) is 13.9. The van der Waals surface area contributed by atoms with E-state index in [-0.39, 0.29) is 11.8 Å². The molecular weight excluding hydrogens is 306 g/mol. The molecule has 0 aromatic heterocycles. The average Bonchev–Trinajstić information content (AvgIpc) is 2.56. The van der Waals surface area contributed by atoms with Crippen molar-refractivity contribution in [2.75, 3.05) is 23.1 Å². The van der Waals surface area contributed by atoms with Gasteiger partial charge in [-0.2, -0.15) is 0 Å². The highest BCUT2D eigenvalue weighted by Gasteiger charge is 2.13. The molecule has 0 bridgehead atoms. The fraction of sp³-hybridized carbons (Fsp3) is 0.222. The predicted octanol–water partition coefficient (Wildman–Crippen LogP) is 3.09. The van der Waals surface area contributed by atoms with Crippen LogP contribution in [0, 0.1) is 0 Å². The van der Waals surface area contributed by atoms with Gasteiger partial charge in [0.1, 0.15) is 11.8 Å². The number of nitrogens with one attached hydrogen (secondary N) is 3. The molecule has 0 aliphatic rings. The lowest BCUT2D eigenvalue weighted by atomic mass is 10.2. The molecular formula is C18H21N3O3. The first kappa shape index (κ1) is 17.3. The van der Waals surface area contributed by atoms with Gasteiger partial charge in [-0.15, -0.1) is 0 Å². The highest BCUT2D eigenvalue weighted by molar-refractivity contribution is 5.96. The Labute approximate surface area is 141 Å². The first-order valence-corrected chi connectivity index (χ1v) is 7.57. The van der Waals surface area contributed by atoms with Gasteiger partial charge >= 0.3 is 0 Å². The molecule has 0 fully saturated rings. The maximum Gasteiger partial charge on any atom is 0.246 e. The third-order valence-corrected chi connectivity index (χ3v) is 3.32. The topological polar surface area (TPSA) is 79.5 Å². The summed E-state index contributed by atoms with van der Waals surface area (Å²) in [6.07, 6.45) is 0. The number of amides is 2. The Balaban J connectivity index is 1.94. The summed E-state index contributed by atoms with van der Waals surface area (Å²) >= 11 is 0. The van der Waals surface area contributed by atoms with Crippen LogP contribution in [0.1, 0.15) is 13.8 Å². The lowest BCUT2D eigenvalue weighted by Gasteiger charge is -2.16. The second kappa shape index (κ2) is 8.01. The van der Waals surface area contributed by atoms with E-state index in [2.05, 4.69) is 16.0 Å². The van der Waals surface area contributed by atoms with Crippen LogP contribution in [0.3, 0.4) is 0 Å². The van der Waals surface area contributed by atoms with Crippen LogP contribution in [0.5, 0.6) is 5.75 Å². The molecule has 6 heteroatoms. The first-order chi connectivity index (χ1) is 11.5. The molecule has 0 radical (unpaired) electrons. The summed E-state index contributed by atoms with van der Waals surface area (Å²) in [6.45, 7) is 3.22. The number of hydrogen-bond acceptors (Lipinski definition) is 4. The zero-order valence-electron chi connectivity index (χ0n) is 13.9. The van der Waals surface area contributed by atoms with Gasteiger partial charge in [0, 0.05) is 30.1 Å². The molecule has 6 nitrogen and oxygen atoms in total. The maximum atomic E-state index is 12.3. The number of anilines is 3. The summed E-state index contributed by atoms with van der Waals surface area (Å²) in [5.74, 6) is 0.425. The Bertz CT molecular complexity index is 714. The van der Waals surface area contributed by atoms with Crippen molar-refractivity contribution in [3.63, 3.8) is 0 Å². The first-order valence-electron chi connectivity index (χ1n) is 7.57. The van der Waals surface area contributed by atoms with Crippen molar-refractivity contribution in [3.8, 4) is 5.75 Å². The van der Waals surface area contributed by atoms with Crippen LogP contribution < -0.4 is 20.7 Å². The second-order valence-electron chi connectivity index (χ2n) is 5.35. The third-order valence-electron chi connectivity index (χ3n) is 3.32. The lowest BCUT2D eigenvalue weighted by Crippen LogP contribution is -2.31. The van der Waals surface area contributed by atoms with E-state index in [0.29, 0.717) is 11.4 Å². The zero-order chi connectivity index (χ0) is 17.5. The van der Waals surface area contributed by atoms with E-state index in [1.807, 2.05) is 24.3 Å². The summed E-state index contributed by atoms with van der Waals surface area (Å²) in [7, 11) is 1.60. The van der Waals surface area contributed by atoms with Crippen LogP contribution in [-0.2, 0) is 9.59 Å². The average molecular weight is 327 g/mol. The van der Waals surface area contributed by atoms with Gasteiger partial charge in [-0.05, 0) is 43.3 Å². The number of carbonyl (C=O) groups is 2. The molecule has 2 rings (SSSR count). The number of rotatable bonds is 6. The van der Waals surface area contributed by atoms with Crippen LogP contribution in [0.25, 0.3) is 0 Å². The molecule has 2 amide bonds. The Kier molecular flexibility index (Phi) is 5.78. The summed E-state index contributed by atoms with van der Waals surface area (Å²) in [4.78, 5) is 23.2. The molecule has 3 N–H and O–H groups in total. The van der Waals surface area contributed by atoms with Crippen molar-refractivity contribution < 1.29 is 14.3 Å². The minimum absolute atomic E-state index is 0.136. The van der Waals surface area contributed by atoms with Gasteiger partial charge in [0.2, 0.25) is 11.8 Å². The third kappa shape index (κ3) is 5.01. The van der Waals surface area contributed by atoms with E-state index in [4.69, 9.17) is 4.74 Å². The van der Waals surface area contributed by atoms with E-state index >= 15 is 0 Å². The van der Waals surface area contributed by atoms with E-state index in [1.165, 1.54) is 6.92 Å². The fourth-order valence-electron chi connectivity index (χ4n) is 2.12. The minimum atomic E-state index is -0.424. The summed E-state index contributed by atoms with van der Waals surface area (Å²) in [6, 6.07) is 13.9. The normalized spacial score (nSPS) is 11.3. The molecule has 1 unspecified atom stereocenters. The predicted molar refractivity (Wildman–Crippen MR) is 95.5 cm³/mol. The van der Waals surface area contributed by atoms with Gasteiger partial charge in [0.15, 0.2) is 0 Å². The molecule has 0 aliphatic heterocycles. The Morgan fingerprint density at radius 2 is 1.58 bits per heavy atom. The highest BCUT2D eigenvalue weighted by Crippen LogP contribution is 2.18. The smallest absolute Gasteiger partial charge is 0.246 e. The Hall–Kier alpha value is -3.02. The molecule has 0 aliphatic carbocycles. The van der Waals surface area contributed by atoms with Crippen molar-refractivity contribution in [2.45, 2.75) is 19.9 Å². The maximum absolute atomic E-state index is 12.3. The van der Waals surface area contributed by atoms with E-state index in [0.717, 1.165) is 11.4 Å². The molecule has 0 saturated heterocycles. The van der Waals surface area contributed by atoms with E-state index in [1.54, 1.807) is 38.3 Å². The molecule has 1 atom stereocenters. The molecule has 2 aromatic carbocycles. The van der Waals surface area contributed by atoms with Crippen LogP contribution in [0.4, 0.5) is 17.1 Å². The van der Waals surface area contributed by atoms with Crippen molar-refractivity contribution >= 4 is 28.9 Å². The van der Waals surface area contributed by atoms with Crippen LogP contribution in [-0.4, -0.2) is 25.0 Å². The van der Waals surface area contributed by atoms with Crippen molar-refractivity contribution in [1.29, 1.82) is 0 Å². The van der Waals surface area contributed by atoms with Crippen molar-refractivity contribution in [1.82, 2.24) is 0 Å². The number of methoxy groups -OCH3 is 1. The van der Waals surface area contributed by atoms with Crippen molar-refractivity contribution in [3.05, 3.63) is 48.5 Å². The summed E-state index contributed by atoms with van der Waals surface area (Å²) in [5, 5.41) is 8.63. The lowest BCUT2D eigenvalue weighted by molar-refractivity contribution is -0.116. The number of carbonyl (C=O) groups excluding carboxylic acids is 2. The van der Waals surface area contributed by atoms with Gasteiger partial charge in [-0.3, -0.25) is 9.59 Å². The Morgan fingerprint density at radius 1 is 0.958 bits per heavy atom. The van der Waals surface area contributed by atoms with Crippen molar-refractivity contribution in [2.24, 2.45) is 0 Å². The largest absolute Gasteiger partial charge is 0.497 e. The number of ether oxygens (including phenoxy) is 1. The van der Waals surface area contributed by atoms with E-state index in [9.17, 15) is 9.59 Å². The fourth-order valence-corrected chi connectivity index (χ4v) is 2.12. The molecule has 126 valence electrons. The van der Waals surface area contributed by atoms with Gasteiger partial charge in [-0.25, -0.2) is 0 Å². The second-order valence-corrected chi connectivity index (χ2v) is 5.35. The highest BCUT2D eigenvalue weighted by atomic mass is 16.5. The number of hydrogen-bond donors (Lipinski definition) is 3. The van der Waals surface area contributed by atoms with Crippen LogP contribution in [0.15, 0.2) is 48.5 Å². The van der Waals surface area contributed by atoms with Crippen LogP contribution in [0.2, 0.25) is 0 Å². The van der Waals surface area contributed by atoms with Crippen LogP contribution >= 0.6 is 0 Å². The molecule has 0 spiro atoms. The minimum Gasteiger partial charge on any atom is -0.497 e. The molecule has 0 saturated carbocycles. The van der Waals surface area contributed by atoms with E-state index < -0.39 is 6.04 Å². The number of benzene rings is 2. The van der Waals surface area contributed by atoms with Gasteiger partial charge in [-0.1, -0.05) is 6.07 Å². The Morgan fingerprint density at radius 3 is 2.17 bits per heavy atom. The monoisotopic (exact) mass is 327 g/mol. The molecule has 2 aromatic rings. The standard InChI is InChI=1S/C18H21N3O3/c1-12(19-16-5-4-6-17(11-16)24-3)18(23)21-15-9-7-14(8-10-15)20-13(2)22/h4-12,19H,1-3H3,(H,20,22)(H,21,23). The molecule has 0 heterocycles. The molecule has 24 heavy (non-hydrogen) atoms. The summed E-state index contributed by atoms with van der Waals surface area (Å²) in [5.41, 5.74) is 2.15. The van der Waals surface area contributed by atoms with Gasteiger partial charge in [0.25, 0.3) is 0 Å².